The molecule has 0 radical (unpaired) electrons. The van der Waals surface area contributed by atoms with E-state index in [1.54, 1.807) is 0 Å². The lowest BCUT2D eigenvalue weighted by atomic mass is 9.94. The topological polar surface area (TPSA) is 46.6 Å². The van der Waals surface area contributed by atoms with E-state index >= 15 is 0 Å². The van der Waals surface area contributed by atoms with Gasteiger partial charge in [0.15, 0.2) is 9.84 Å². The first-order chi connectivity index (χ1) is 9.55. The summed E-state index contributed by atoms with van der Waals surface area (Å²) in [5.41, 5.74) is 0. The van der Waals surface area contributed by atoms with Gasteiger partial charge >= 0.3 is 0 Å². The van der Waals surface area contributed by atoms with Gasteiger partial charge in [-0.15, -0.1) is 0 Å². The van der Waals surface area contributed by atoms with Crippen molar-refractivity contribution in [1.82, 2.24) is 4.90 Å². The lowest BCUT2D eigenvalue weighted by Gasteiger charge is -2.23. The normalized spacial score (nSPS) is 27.2. The lowest BCUT2D eigenvalue weighted by molar-refractivity contribution is 0.0629. The molecule has 4 nitrogen and oxygen atoms in total. The third kappa shape index (κ3) is 5.70. The molecule has 5 heteroatoms. The largest absolute Gasteiger partial charge is 0.381 e. The van der Waals surface area contributed by atoms with Crippen LogP contribution in [0.2, 0.25) is 0 Å². The number of sulfone groups is 1. The van der Waals surface area contributed by atoms with Crippen molar-refractivity contribution >= 4 is 9.84 Å². The zero-order valence-electron chi connectivity index (χ0n) is 12.7. The van der Waals surface area contributed by atoms with Crippen LogP contribution in [-0.4, -0.2) is 58.2 Å². The summed E-state index contributed by atoms with van der Waals surface area (Å²) in [6.45, 7) is 3.93. The van der Waals surface area contributed by atoms with E-state index in [2.05, 4.69) is 11.9 Å². The Bertz CT molecular complexity index is 377. The number of nitrogens with zero attached hydrogens (tertiary/aromatic N) is 1. The highest BCUT2D eigenvalue weighted by Gasteiger charge is 2.28. The van der Waals surface area contributed by atoms with Gasteiger partial charge in [0.25, 0.3) is 0 Å². The fourth-order valence-electron chi connectivity index (χ4n) is 3.40. The molecule has 0 saturated carbocycles. The maximum Gasteiger partial charge on any atom is 0.150 e. The van der Waals surface area contributed by atoms with Crippen molar-refractivity contribution in [3.05, 3.63) is 0 Å². The minimum Gasteiger partial charge on any atom is -0.381 e. The maximum absolute atomic E-state index is 11.4. The van der Waals surface area contributed by atoms with Crippen molar-refractivity contribution in [3.8, 4) is 0 Å². The van der Waals surface area contributed by atoms with Crippen molar-refractivity contribution in [2.45, 2.75) is 38.5 Å². The van der Waals surface area contributed by atoms with Crippen LogP contribution in [0.5, 0.6) is 0 Å². The number of rotatable bonds is 7. The smallest absolute Gasteiger partial charge is 0.150 e. The second-order valence-corrected chi connectivity index (χ2v) is 8.81. The van der Waals surface area contributed by atoms with Gasteiger partial charge in [0, 0.05) is 19.8 Å². The molecule has 20 heavy (non-hydrogen) atoms. The van der Waals surface area contributed by atoms with Crippen molar-refractivity contribution in [3.63, 3.8) is 0 Å². The highest BCUT2D eigenvalue weighted by molar-refractivity contribution is 7.91. The van der Waals surface area contributed by atoms with Crippen LogP contribution in [0, 0.1) is 11.8 Å². The Balaban J connectivity index is 1.53. The van der Waals surface area contributed by atoms with Crippen molar-refractivity contribution in [2.24, 2.45) is 11.8 Å². The Kier molecular flexibility index (Phi) is 6.30. The molecule has 0 amide bonds. The second-order valence-electron chi connectivity index (χ2n) is 6.58. The third-order valence-electron chi connectivity index (χ3n) is 4.64. The van der Waals surface area contributed by atoms with Gasteiger partial charge < -0.3 is 9.64 Å². The van der Waals surface area contributed by atoms with Crippen LogP contribution in [0.4, 0.5) is 0 Å². The molecule has 0 N–H and O–H groups in total. The fraction of sp³-hybridized carbons (Fsp3) is 1.00. The summed E-state index contributed by atoms with van der Waals surface area (Å²) < 4.78 is 28.2. The van der Waals surface area contributed by atoms with Crippen LogP contribution in [0.15, 0.2) is 0 Å². The van der Waals surface area contributed by atoms with Crippen LogP contribution in [0.25, 0.3) is 0 Å². The van der Waals surface area contributed by atoms with Crippen molar-refractivity contribution in [2.75, 3.05) is 44.9 Å². The third-order valence-corrected chi connectivity index (χ3v) is 6.48. The molecule has 118 valence electrons. The fourth-order valence-corrected chi connectivity index (χ4v) is 5.25. The first kappa shape index (κ1) is 16.2. The summed E-state index contributed by atoms with van der Waals surface area (Å²) in [7, 11) is -0.595. The van der Waals surface area contributed by atoms with E-state index in [0.717, 1.165) is 38.6 Å². The molecule has 2 saturated heterocycles. The van der Waals surface area contributed by atoms with Crippen LogP contribution >= 0.6 is 0 Å². The van der Waals surface area contributed by atoms with Gasteiger partial charge in [-0.25, -0.2) is 8.42 Å². The van der Waals surface area contributed by atoms with Crippen molar-refractivity contribution in [1.29, 1.82) is 0 Å². The summed E-state index contributed by atoms with van der Waals surface area (Å²) in [6.07, 6.45) is 7.17. The van der Waals surface area contributed by atoms with Gasteiger partial charge in [0.1, 0.15) is 0 Å². The Morgan fingerprint density at radius 3 is 2.50 bits per heavy atom. The van der Waals surface area contributed by atoms with E-state index in [-0.39, 0.29) is 0 Å². The second kappa shape index (κ2) is 7.76. The summed E-state index contributed by atoms with van der Waals surface area (Å²) in [6, 6.07) is 0. The Hall–Kier alpha value is -0.130. The highest BCUT2D eigenvalue weighted by atomic mass is 32.2. The van der Waals surface area contributed by atoms with Gasteiger partial charge in [0.2, 0.25) is 0 Å². The standard InChI is InChI=1S/C15H29NO3S/c1-16(12-15-7-11-20(17,18)13-15)8-3-2-4-14-5-9-19-10-6-14/h14-15H,2-13H2,1H3. The number of hydrogen-bond donors (Lipinski definition) is 0. The predicted molar refractivity (Wildman–Crippen MR) is 81.7 cm³/mol. The Morgan fingerprint density at radius 2 is 1.85 bits per heavy atom. The molecule has 0 aliphatic carbocycles. The molecule has 0 aromatic heterocycles. The molecular weight excluding hydrogens is 274 g/mol. The summed E-state index contributed by atoms with van der Waals surface area (Å²) >= 11 is 0. The molecule has 2 heterocycles. The van der Waals surface area contributed by atoms with Gasteiger partial charge in [-0.05, 0) is 51.1 Å². The van der Waals surface area contributed by atoms with Crippen LogP contribution < -0.4 is 0 Å². The van der Waals surface area contributed by atoms with Crippen molar-refractivity contribution < 1.29 is 13.2 Å². The van der Waals surface area contributed by atoms with Crippen LogP contribution in [0.1, 0.15) is 38.5 Å². The molecule has 2 rings (SSSR count). The van der Waals surface area contributed by atoms with E-state index in [1.807, 2.05) is 0 Å². The molecule has 1 atom stereocenters. The Morgan fingerprint density at radius 1 is 1.10 bits per heavy atom. The molecule has 0 aromatic carbocycles. The van der Waals surface area contributed by atoms with Crippen LogP contribution in [-0.2, 0) is 14.6 Å². The SMILES string of the molecule is CN(CCCCC1CCOCC1)CC1CCS(=O)(=O)C1. The molecule has 2 aliphatic heterocycles. The minimum atomic E-state index is -2.72. The van der Waals surface area contributed by atoms with Gasteiger partial charge in [0.05, 0.1) is 11.5 Å². The lowest BCUT2D eigenvalue weighted by Crippen LogP contribution is -2.27. The van der Waals surface area contributed by atoms with E-state index < -0.39 is 9.84 Å². The maximum atomic E-state index is 11.4. The summed E-state index contributed by atoms with van der Waals surface area (Å²) in [5, 5.41) is 0. The van der Waals surface area contributed by atoms with E-state index in [4.69, 9.17) is 4.74 Å². The highest BCUT2D eigenvalue weighted by Crippen LogP contribution is 2.21. The predicted octanol–water partition coefficient (Wildman–Crippen LogP) is 1.95. The summed E-state index contributed by atoms with van der Waals surface area (Å²) in [5.74, 6) is 2.03. The minimum absolute atomic E-state index is 0.362. The van der Waals surface area contributed by atoms with E-state index in [1.165, 1.54) is 32.1 Å². The van der Waals surface area contributed by atoms with Crippen LogP contribution in [0.3, 0.4) is 0 Å². The quantitative estimate of drug-likeness (QED) is 0.675. The number of ether oxygens (including phenoxy) is 1. The number of hydrogen-bond acceptors (Lipinski definition) is 4. The number of unbranched alkanes of at least 4 members (excludes halogenated alkanes) is 1. The zero-order chi connectivity index (χ0) is 14.4. The molecule has 1 unspecified atom stereocenters. The van der Waals surface area contributed by atoms with E-state index in [0.29, 0.717) is 17.4 Å². The van der Waals surface area contributed by atoms with Gasteiger partial charge in [-0.1, -0.05) is 12.8 Å². The molecule has 0 aromatic rings. The molecule has 0 spiro atoms. The van der Waals surface area contributed by atoms with E-state index in [9.17, 15) is 8.42 Å². The first-order valence-corrected chi connectivity index (χ1v) is 9.84. The monoisotopic (exact) mass is 303 g/mol. The van der Waals surface area contributed by atoms with Gasteiger partial charge in [-0.3, -0.25) is 0 Å². The first-order valence-electron chi connectivity index (χ1n) is 8.02. The molecule has 0 bridgehead atoms. The van der Waals surface area contributed by atoms with Gasteiger partial charge in [-0.2, -0.15) is 0 Å². The zero-order valence-corrected chi connectivity index (χ0v) is 13.5. The summed E-state index contributed by atoms with van der Waals surface area (Å²) in [4.78, 5) is 2.31. The Labute approximate surface area is 123 Å². The average molecular weight is 303 g/mol. The molecule has 2 fully saturated rings. The molecule has 2 aliphatic rings. The molecular formula is C15H29NO3S. The average Bonchev–Trinajstić information content (AvgIpc) is 2.75.